The van der Waals surface area contributed by atoms with Gasteiger partial charge in [-0.1, -0.05) is 17.7 Å². The van der Waals surface area contributed by atoms with E-state index in [9.17, 15) is 33.4 Å². The van der Waals surface area contributed by atoms with Gasteiger partial charge < -0.3 is 4.74 Å². The molecule has 0 aromatic heterocycles. The lowest BCUT2D eigenvalue weighted by Gasteiger charge is -2.16. The standard InChI is InChI=1S/C16H14N2O9S/c1-10-6-8-11(9-7-10)28(24,25)27-15(16(19)26-2)14-12(17(20)21)4-3-5-13(14)18(22)23/h3-9,15H,1-2H3. The Labute approximate surface area is 158 Å². The van der Waals surface area contributed by atoms with Crippen LogP contribution in [0, 0.1) is 27.2 Å². The molecule has 0 saturated carbocycles. The van der Waals surface area contributed by atoms with E-state index in [1.165, 1.54) is 24.3 Å². The summed E-state index contributed by atoms with van der Waals surface area (Å²) in [6.07, 6.45) is -2.25. The van der Waals surface area contributed by atoms with Crippen LogP contribution < -0.4 is 0 Å². The lowest BCUT2D eigenvalue weighted by atomic mass is 10.0. The first-order valence-corrected chi connectivity index (χ1v) is 8.98. The number of rotatable bonds is 7. The van der Waals surface area contributed by atoms with Crippen LogP contribution in [0.4, 0.5) is 11.4 Å². The van der Waals surface area contributed by atoms with Gasteiger partial charge in [0.25, 0.3) is 21.5 Å². The van der Waals surface area contributed by atoms with E-state index in [2.05, 4.69) is 4.74 Å². The maximum absolute atomic E-state index is 12.5. The molecule has 0 fully saturated rings. The average Bonchev–Trinajstić information content (AvgIpc) is 2.65. The smallest absolute Gasteiger partial charge is 0.341 e. The molecule has 0 heterocycles. The van der Waals surface area contributed by atoms with Gasteiger partial charge in [0, 0.05) is 12.1 Å². The number of nitro benzene ring substituents is 2. The first-order chi connectivity index (χ1) is 13.1. The van der Waals surface area contributed by atoms with Crippen LogP contribution in [0.2, 0.25) is 0 Å². The van der Waals surface area contributed by atoms with E-state index < -0.39 is 49.0 Å². The SMILES string of the molecule is COC(=O)C(OS(=O)(=O)c1ccc(C)cc1)c1c([N+](=O)[O-])cccc1[N+](=O)[O-]. The minimum atomic E-state index is -4.61. The summed E-state index contributed by atoms with van der Waals surface area (Å²) >= 11 is 0. The maximum atomic E-state index is 12.5. The summed E-state index contributed by atoms with van der Waals surface area (Å²) in [5, 5.41) is 22.6. The lowest BCUT2D eigenvalue weighted by Crippen LogP contribution is -2.23. The molecule has 0 N–H and O–H groups in total. The molecule has 11 nitrogen and oxygen atoms in total. The number of benzene rings is 2. The van der Waals surface area contributed by atoms with Crippen LogP contribution in [0.5, 0.6) is 0 Å². The number of carbonyl (C=O) groups is 1. The number of nitrogens with zero attached hydrogens (tertiary/aromatic N) is 2. The van der Waals surface area contributed by atoms with Gasteiger partial charge in [-0.3, -0.25) is 20.2 Å². The molecule has 148 valence electrons. The van der Waals surface area contributed by atoms with Crippen molar-refractivity contribution in [2.24, 2.45) is 0 Å². The van der Waals surface area contributed by atoms with Gasteiger partial charge >= 0.3 is 5.97 Å². The predicted octanol–water partition coefficient (Wildman–Crippen LogP) is 2.43. The number of aryl methyl sites for hydroxylation is 1. The molecular weight excluding hydrogens is 396 g/mol. The number of nitro groups is 2. The van der Waals surface area contributed by atoms with Crippen molar-refractivity contribution < 1.29 is 32.0 Å². The van der Waals surface area contributed by atoms with Gasteiger partial charge in [-0.05, 0) is 25.1 Å². The van der Waals surface area contributed by atoms with Crippen molar-refractivity contribution in [2.75, 3.05) is 7.11 Å². The first-order valence-electron chi connectivity index (χ1n) is 7.58. The highest BCUT2D eigenvalue weighted by Crippen LogP contribution is 2.38. The van der Waals surface area contributed by atoms with E-state index in [0.717, 1.165) is 30.9 Å². The number of ether oxygens (including phenoxy) is 1. The van der Waals surface area contributed by atoms with Crippen molar-refractivity contribution >= 4 is 27.5 Å². The Balaban J connectivity index is 2.66. The Morgan fingerprint density at radius 3 is 1.93 bits per heavy atom. The Kier molecular flexibility index (Phi) is 6.06. The molecule has 0 radical (unpaired) electrons. The number of methoxy groups -OCH3 is 1. The molecule has 2 aromatic carbocycles. The Bertz CT molecular complexity index is 1000. The predicted molar refractivity (Wildman–Crippen MR) is 94.0 cm³/mol. The number of carbonyl (C=O) groups excluding carboxylic acids is 1. The molecule has 0 aliphatic carbocycles. The number of hydrogen-bond donors (Lipinski definition) is 0. The van der Waals surface area contributed by atoms with E-state index in [1.54, 1.807) is 6.92 Å². The van der Waals surface area contributed by atoms with E-state index in [4.69, 9.17) is 4.18 Å². The second kappa shape index (κ2) is 8.10. The van der Waals surface area contributed by atoms with Crippen LogP contribution in [-0.4, -0.2) is 31.3 Å². The van der Waals surface area contributed by atoms with Crippen LogP contribution in [0.1, 0.15) is 17.2 Å². The zero-order chi connectivity index (χ0) is 21.1. The second-order valence-corrected chi connectivity index (χ2v) is 7.06. The Hall–Kier alpha value is -3.38. The zero-order valence-corrected chi connectivity index (χ0v) is 15.4. The van der Waals surface area contributed by atoms with Crippen molar-refractivity contribution in [3.63, 3.8) is 0 Å². The number of hydrogen-bond acceptors (Lipinski definition) is 9. The van der Waals surface area contributed by atoms with Crippen molar-refractivity contribution in [1.82, 2.24) is 0 Å². The molecule has 1 atom stereocenters. The van der Waals surface area contributed by atoms with Gasteiger partial charge in [0.2, 0.25) is 6.10 Å². The molecule has 28 heavy (non-hydrogen) atoms. The van der Waals surface area contributed by atoms with Crippen LogP contribution in [0.25, 0.3) is 0 Å². The molecule has 1 unspecified atom stereocenters. The average molecular weight is 410 g/mol. The molecule has 0 amide bonds. The summed E-state index contributed by atoms with van der Waals surface area (Å²) < 4.78 is 34.4. The fourth-order valence-corrected chi connectivity index (χ4v) is 3.34. The summed E-state index contributed by atoms with van der Waals surface area (Å²) in [6.45, 7) is 1.71. The van der Waals surface area contributed by atoms with Crippen LogP contribution in [-0.2, 0) is 23.8 Å². The van der Waals surface area contributed by atoms with E-state index in [0.29, 0.717) is 0 Å². The summed E-state index contributed by atoms with van der Waals surface area (Å²) in [5.74, 6) is -1.35. The fourth-order valence-electron chi connectivity index (χ4n) is 2.33. The van der Waals surface area contributed by atoms with Crippen LogP contribution in [0.3, 0.4) is 0 Å². The zero-order valence-electron chi connectivity index (χ0n) is 14.6. The van der Waals surface area contributed by atoms with Gasteiger partial charge in [-0.2, -0.15) is 8.42 Å². The highest BCUT2D eigenvalue weighted by molar-refractivity contribution is 7.86. The normalized spacial score (nSPS) is 12.2. The summed E-state index contributed by atoms with van der Waals surface area (Å²) in [6, 6.07) is 8.15. The highest BCUT2D eigenvalue weighted by Gasteiger charge is 2.40. The third kappa shape index (κ3) is 4.29. The largest absolute Gasteiger partial charge is 0.467 e. The quantitative estimate of drug-likeness (QED) is 0.289. The van der Waals surface area contributed by atoms with Gasteiger partial charge in [0.15, 0.2) is 0 Å². The molecule has 0 aliphatic rings. The van der Waals surface area contributed by atoms with E-state index in [1.807, 2.05) is 0 Å². The Morgan fingerprint density at radius 2 is 1.50 bits per heavy atom. The van der Waals surface area contributed by atoms with Crippen LogP contribution in [0.15, 0.2) is 47.4 Å². The van der Waals surface area contributed by atoms with E-state index >= 15 is 0 Å². The maximum Gasteiger partial charge on any atom is 0.341 e. The lowest BCUT2D eigenvalue weighted by molar-refractivity contribution is -0.396. The second-order valence-electron chi connectivity index (χ2n) is 5.49. The van der Waals surface area contributed by atoms with Gasteiger partial charge in [0.05, 0.1) is 21.9 Å². The molecule has 0 bridgehead atoms. The minimum Gasteiger partial charge on any atom is -0.467 e. The number of esters is 1. The monoisotopic (exact) mass is 410 g/mol. The van der Waals surface area contributed by atoms with Crippen molar-refractivity contribution in [1.29, 1.82) is 0 Å². The summed E-state index contributed by atoms with van der Waals surface area (Å²) in [7, 11) is -3.72. The van der Waals surface area contributed by atoms with E-state index in [-0.39, 0.29) is 4.90 Å². The fraction of sp³-hybridized carbons (Fsp3) is 0.188. The molecule has 12 heteroatoms. The molecule has 0 aliphatic heterocycles. The summed E-state index contributed by atoms with van der Waals surface area (Å²) in [4.78, 5) is 32.5. The topological polar surface area (TPSA) is 156 Å². The summed E-state index contributed by atoms with van der Waals surface area (Å²) in [5.41, 5.74) is -1.80. The third-order valence-corrected chi connectivity index (χ3v) is 4.96. The molecule has 0 spiro atoms. The van der Waals surface area contributed by atoms with Gasteiger partial charge in [0.1, 0.15) is 5.56 Å². The van der Waals surface area contributed by atoms with Gasteiger partial charge in [-0.15, -0.1) is 0 Å². The Morgan fingerprint density at radius 1 is 1.00 bits per heavy atom. The van der Waals surface area contributed by atoms with Gasteiger partial charge in [-0.25, -0.2) is 8.98 Å². The van der Waals surface area contributed by atoms with Crippen LogP contribution >= 0.6 is 0 Å². The molecule has 0 saturated heterocycles. The molecule has 2 rings (SSSR count). The van der Waals surface area contributed by atoms with Crippen molar-refractivity contribution in [2.45, 2.75) is 17.9 Å². The molecular formula is C16H14N2O9S. The van der Waals surface area contributed by atoms with Crippen molar-refractivity contribution in [3.8, 4) is 0 Å². The van der Waals surface area contributed by atoms with Crippen molar-refractivity contribution in [3.05, 3.63) is 73.8 Å². The third-order valence-electron chi connectivity index (χ3n) is 3.66. The molecule has 2 aromatic rings. The highest BCUT2D eigenvalue weighted by atomic mass is 32.2. The minimum absolute atomic E-state index is 0.340. The first kappa shape index (κ1) is 20.9.